The van der Waals surface area contributed by atoms with Crippen molar-refractivity contribution in [2.24, 2.45) is 5.73 Å². The lowest BCUT2D eigenvalue weighted by molar-refractivity contribution is -0.274. The van der Waals surface area contributed by atoms with E-state index in [0.717, 1.165) is 0 Å². The Morgan fingerprint density at radius 1 is 1.29 bits per heavy atom. The second kappa shape index (κ2) is 5.37. The monoisotopic (exact) mass is 249 g/mol. The zero-order valence-electron chi connectivity index (χ0n) is 9.24. The molecule has 0 aliphatic carbocycles. The first kappa shape index (κ1) is 13.8. The number of rotatable bonds is 4. The molecule has 1 aromatic carbocycles. The Bertz CT molecular complexity index is 351. The second-order valence-corrected chi connectivity index (χ2v) is 3.62. The fourth-order valence-electron chi connectivity index (χ4n) is 1.37. The largest absolute Gasteiger partial charge is 0.573 e. The number of ether oxygens (including phenoxy) is 1. The van der Waals surface area contributed by atoms with Crippen molar-refractivity contribution in [3.63, 3.8) is 0 Å². The predicted molar refractivity (Wildman–Crippen MR) is 56.4 cm³/mol. The van der Waals surface area contributed by atoms with Crippen LogP contribution in [0.25, 0.3) is 0 Å². The highest BCUT2D eigenvalue weighted by atomic mass is 19.4. The molecule has 0 saturated carbocycles. The molecule has 0 aliphatic heterocycles. The minimum absolute atomic E-state index is 0.306. The highest BCUT2D eigenvalue weighted by Gasteiger charge is 2.31. The highest BCUT2D eigenvalue weighted by molar-refractivity contribution is 5.29. The van der Waals surface area contributed by atoms with Gasteiger partial charge in [-0.05, 0) is 24.1 Å². The zero-order valence-corrected chi connectivity index (χ0v) is 9.24. The maximum atomic E-state index is 11.9. The van der Waals surface area contributed by atoms with Gasteiger partial charge >= 0.3 is 6.36 Å². The van der Waals surface area contributed by atoms with Crippen molar-refractivity contribution in [3.8, 4) is 5.75 Å². The maximum Gasteiger partial charge on any atom is 0.573 e. The molecule has 2 atom stereocenters. The number of benzene rings is 1. The minimum Gasteiger partial charge on any atom is -0.406 e. The van der Waals surface area contributed by atoms with Gasteiger partial charge in [0, 0.05) is 0 Å². The predicted octanol–water partition coefficient (Wildman–Crippen LogP) is 2.36. The molecule has 0 aliphatic rings. The quantitative estimate of drug-likeness (QED) is 0.861. The van der Waals surface area contributed by atoms with Crippen molar-refractivity contribution in [1.82, 2.24) is 0 Å². The van der Waals surface area contributed by atoms with Gasteiger partial charge in [-0.15, -0.1) is 13.2 Å². The summed E-state index contributed by atoms with van der Waals surface area (Å²) in [7, 11) is 0. The lowest BCUT2D eigenvalue weighted by atomic mass is 10.0. The van der Waals surface area contributed by atoms with Gasteiger partial charge in [0.25, 0.3) is 0 Å². The van der Waals surface area contributed by atoms with Crippen LogP contribution in [0.2, 0.25) is 0 Å². The molecule has 17 heavy (non-hydrogen) atoms. The molecule has 0 unspecified atom stereocenters. The number of aliphatic hydroxyl groups excluding tert-OH is 1. The van der Waals surface area contributed by atoms with Crippen LogP contribution in [0.5, 0.6) is 5.75 Å². The first-order valence-electron chi connectivity index (χ1n) is 5.13. The maximum absolute atomic E-state index is 11.9. The minimum atomic E-state index is -4.70. The summed E-state index contributed by atoms with van der Waals surface area (Å²) in [5, 5.41) is 9.50. The number of aliphatic hydroxyl groups is 1. The smallest absolute Gasteiger partial charge is 0.406 e. The van der Waals surface area contributed by atoms with Gasteiger partial charge in [0.2, 0.25) is 0 Å². The third-order valence-electron chi connectivity index (χ3n) is 2.33. The highest BCUT2D eigenvalue weighted by Crippen LogP contribution is 2.25. The summed E-state index contributed by atoms with van der Waals surface area (Å²) in [4.78, 5) is 0. The number of hydrogen-bond donors (Lipinski definition) is 2. The van der Waals surface area contributed by atoms with Crippen molar-refractivity contribution in [2.45, 2.75) is 31.9 Å². The molecule has 0 radical (unpaired) electrons. The average Bonchev–Trinajstić information content (AvgIpc) is 2.26. The Kier molecular flexibility index (Phi) is 4.36. The molecule has 1 aromatic rings. The summed E-state index contributed by atoms with van der Waals surface area (Å²) in [6.07, 6.45) is -4.95. The summed E-state index contributed by atoms with van der Waals surface area (Å²) in [5.41, 5.74) is 6.28. The van der Waals surface area contributed by atoms with Gasteiger partial charge in [-0.25, -0.2) is 0 Å². The Morgan fingerprint density at radius 3 is 2.24 bits per heavy atom. The van der Waals surface area contributed by atoms with E-state index in [1.807, 2.05) is 0 Å². The van der Waals surface area contributed by atoms with Crippen molar-refractivity contribution in [3.05, 3.63) is 29.8 Å². The SMILES string of the molecule is CC[C@@H](O)[C@@H](N)c1ccc(OC(F)(F)F)cc1. The van der Waals surface area contributed by atoms with Crippen molar-refractivity contribution < 1.29 is 23.0 Å². The molecular formula is C11H14F3NO2. The Hall–Kier alpha value is -1.27. The van der Waals surface area contributed by atoms with Crippen LogP contribution in [-0.2, 0) is 0 Å². The van der Waals surface area contributed by atoms with Crippen LogP contribution in [0.1, 0.15) is 24.9 Å². The second-order valence-electron chi connectivity index (χ2n) is 3.62. The third kappa shape index (κ3) is 4.24. The molecular weight excluding hydrogens is 235 g/mol. The first-order chi connectivity index (χ1) is 7.83. The van der Waals surface area contributed by atoms with Crippen LogP contribution >= 0.6 is 0 Å². The van der Waals surface area contributed by atoms with E-state index in [1.165, 1.54) is 24.3 Å². The molecule has 3 N–H and O–H groups in total. The molecule has 0 heterocycles. The number of alkyl halides is 3. The summed E-state index contributed by atoms with van der Waals surface area (Å²) in [5.74, 6) is -0.306. The van der Waals surface area contributed by atoms with Crippen LogP contribution in [-0.4, -0.2) is 17.6 Å². The molecule has 0 amide bonds. The lowest BCUT2D eigenvalue weighted by Gasteiger charge is -2.18. The molecule has 6 heteroatoms. The fourth-order valence-corrected chi connectivity index (χ4v) is 1.37. The Balaban J connectivity index is 2.74. The van der Waals surface area contributed by atoms with Crippen molar-refractivity contribution in [1.29, 1.82) is 0 Å². The van der Waals surface area contributed by atoms with Crippen molar-refractivity contribution in [2.75, 3.05) is 0 Å². The van der Waals surface area contributed by atoms with Crippen LogP contribution in [0.15, 0.2) is 24.3 Å². The molecule has 0 bridgehead atoms. The van der Waals surface area contributed by atoms with E-state index in [-0.39, 0.29) is 5.75 Å². The van der Waals surface area contributed by atoms with Crippen molar-refractivity contribution >= 4 is 0 Å². The third-order valence-corrected chi connectivity index (χ3v) is 2.33. The molecule has 0 spiro atoms. The number of halogens is 3. The normalized spacial score (nSPS) is 15.4. The fraction of sp³-hybridized carbons (Fsp3) is 0.455. The average molecular weight is 249 g/mol. The van der Waals surface area contributed by atoms with Gasteiger partial charge in [0.1, 0.15) is 5.75 Å². The summed E-state index contributed by atoms with van der Waals surface area (Å²) < 4.78 is 39.4. The molecule has 3 nitrogen and oxygen atoms in total. The van der Waals surface area contributed by atoms with Crippen LogP contribution in [0, 0.1) is 0 Å². The molecule has 0 saturated heterocycles. The van der Waals surface area contributed by atoms with Crippen LogP contribution in [0.3, 0.4) is 0 Å². The lowest BCUT2D eigenvalue weighted by Crippen LogP contribution is -2.25. The van der Waals surface area contributed by atoms with E-state index in [9.17, 15) is 18.3 Å². The van der Waals surface area contributed by atoms with E-state index >= 15 is 0 Å². The summed E-state index contributed by atoms with van der Waals surface area (Å²) >= 11 is 0. The van der Waals surface area contributed by atoms with Gasteiger partial charge in [0.05, 0.1) is 12.1 Å². The van der Waals surface area contributed by atoms with E-state index in [2.05, 4.69) is 4.74 Å². The summed E-state index contributed by atoms with van der Waals surface area (Å²) in [6.45, 7) is 1.77. The van der Waals surface area contributed by atoms with Crippen LogP contribution < -0.4 is 10.5 Å². The molecule has 1 rings (SSSR count). The molecule has 96 valence electrons. The first-order valence-corrected chi connectivity index (χ1v) is 5.13. The molecule has 0 fully saturated rings. The topological polar surface area (TPSA) is 55.5 Å². The van der Waals surface area contributed by atoms with Gasteiger partial charge < -0.3 is 15.6 Å². The Labute approximate surface area is 97.0 Å². The molecule has 0 aromatic heterocycles. The van der Waals surface area contributed by atoms with Crippen LogP contribution in [0.4, 0.5) is 13.2 Å². The Morgan fingerprint density at radius 2 is 1.82 bits per heavy atom. The van der Waals surface area contributed by atoms with E-state index in [0.29, 0.717) is 12.0 Å². The summed E-state index contributed by atoms with van der Waals surface area (Å²) in [6, 6.07) is 4.55. The van der Waals surface area contributed by atoms with E-state index in [1.54, 1.807) is 6.92 Å². The van der Waals surface area contributed by atoms with E-state index < -0.39 is 18.5 Å². The van der Waals surface area contributed by atoms with Gasteiger partial charge in [0.15, 0.2) is 0 Å². The van der Waals surface area contributed by atoms with Gasteiger partial charge in [-0.2, -0.15) is 0 Å². The standard InChI is InChI=1S/C11H14F3NO2/c1-2-9(16)10(15)7-3-5-8(6-4-7)17-11(12,13)14/h3-6,9-10,16H,2,15H2,1H3/t9-,10+/m1/s1. The van der Waals surface area contributed by atoms with Gasteiger partial charge in [-0.3, -0.25) is 0 Å². The zero-order chi connectivity index (χ0) is 13.1. The van der Waals surface area contributed by atoms with Gasteiger partial charge in [-0.1, -0.05) is 19.1 Å². The number of nitrogens with two attached hydrogens (primary N) is 1. The number of hydrogen-bond acceptors (Lipinski definition) is 3. The van der Waals surface area contributed by atoms with E-state index in [4.69, 9.17) is 5.73 Å².